The van der Waals surface area contributed by atoms with Gasteiger partial charge in [-0.25, -0.2) is 4.79 Å². The van der Waals surface area contributed by atoms with E-state index in [1.807, 2.05) is 96.1 Å². The Hall–Kier alpha value is -3.50. The van der Waals surface area contributed by atoms with Gasteiger partial charge in [0.2, 0.25) is 11.8 Å². The molecule has 0 radical (unpaired) electrons. The number of hydrogen-bond acceptors (Lipinski definition) is 6. The number of nitrogens with zero attached hydrogens (tertiary/aromatic N) is 1. The molecule has 51 heavy (non-hydrogen) atoms. The van der Waals surface area contributed by atoms with Gasteiger partial charge >= 0.3 is 6.09 Å². The fourth-order valence-corrected chi connectivity index (χ4v) is 7.65. The molecule has 0 aromatic heterocycles. The second-order valence-electron chi connectivity index (χ2n) is 16.9. The SMILES string of the molecule is Cc1ccc(C[C@@H](C[C@H]([C@H](NC(=O)OC(C)(C)C)C(O[SiH](C)C)c2ccccc2)C(C)(C)C)C(=O)N[C@H](C(=O)N2CCC(=O)CC2)C(C)C)cc1. The number of benzene rings is 2. The highest BCUT2D eigenvalue weighted by Crippen LogP contribution is 2.41. The number of carbonyl (C=O) groups is 4. The van der Waals surface area contributed by atoms with Crippen LogP contribution in [0.2, 0.25) is 13.1 Å². The summed E-state index contributed by atoms with van der Waals surface area (Å²) in [6.45, 7) is 22.8. The molecule has 1 aliphatic rings. The number of rotatable bonds is 14. The fourth-order valence-electron chi connectivity index (χ4n) is 6.73. The molecule has 10 heteroatoms. The lowest BCUT2D eigenvalue weighted by Crippen LogP contribution is -2.55. The third-order valence-electron chi connectivity index (χ3n) is 9.48. The van der Waals surface area contributed by atoms with E-state index in [0.717, 1.165) is 16.7 Å². The molecule has 0 aliphatic carbocycles. The summed E-state index contributed by atoms with van der Waals surface area (Å²) in [6, 6.07) is 16.9. The Labute approximate surface area is 308 Å². The third kappa shape index (κ3) is 13.2. The lowest BCUT2D eigenvalue weighted by Gasteiger charge is -2.43. The van der Waals surface area contributed by atoms with Crippen LogP contribution in [0.5, 0.6) is 0 Å². The van der Waals surface area contributed by atoms with Crippen molar-refractivity contribution in [2.45, 2.75) is 125 Å². The summed E-state index contributed by atoms with van der Waals surface area (Å²) in [5, 5.41) is 6.41. The van der Waals surface area contributed by atoms with E-state index < -0.39 is 50.3 Å². The summed E-state index contributed by atoms with van der Waals surface area (Å²) < 4.78 is 12.6. The summed E-state index contributed by atoms with van der Waals surface area (Å²) >= 11 is 0. The van der Waals surface area contributed by atoms with Crippen molar-refractivity contribution in [3.05, 3.63) is 71.3 Å². The molecule has 1 aliphatic heterocycles. The summed E-state index contributed by atoms with van der Waals surface area (Å²) in [5.74, 6) is -1.17. The van der Waals surface area contributed by atoms with Gasteiger partial charge in [-0.1, -0.05) is 94.8 Å². The zero-order valence-electron chi connectivity index (χ0n) is 32.9. The Bertz CT molecular complexity index is 1440. The molecule has 3 amide bonds. The minimum atomic E-state index is -1.65. The number of piperidine rings is 1. The van der Waals surface area contributed by atoms with Crippen LogP contribution in [-0.4, -0.2) is 68.4 Å². The van der Waals surface area contributed by atoms with Gasteiger partial charge in [0, 0.05) is 31.8 Å². The molecule has 2 aromatic carbocycles. The van der Waals surface area contributed by atoms with E-state index in [1.165, 1.54) is 0 Å². The number of likely N-dealkylation sites (tertiary alicyclic amines) is 1. The first-order chi connectivity index (χ1) is 23.7. The van der Waals surface area contributed by atoms with Gasteiger partial charge in [-0.05, 0) is 82.0 Å². The molecular weight excluding hydrogens is 659 g/mol. The van der Waals surface area contributed by atoms with Crippen molar-refractivity contribution in [1.29, 1.82) is 0 Å². The van der Waals surface area contributed by atoms with E-state index in [4.69, 9.17) is 9.16 Å². The average Bonchev–Trinajstić information content (AvgIpc) is 3.03. The van der Waals surface area contributed by atoms with E-state index in [-0.39, 0.29) is 29.4 Å². The second-order valence-corrected chi connectivity index (χ2v) is 19.2. The number of carbonyl (C=O) groups excluding carboxylic acids is 4. The highest BCUT2D eigenvalue weighted by atomic mass is 28.3. The van der Waals surface area contributed by atoms with Crippen molar-refractivity contribution in [3.63, 3.8) is 0 Å². The minimum absolute atomic E-state index is 0.156. The lowest BCUT2D eigenvalue weighted by atomic mass is 9.69. The molecule has 0 saturated carbocycles. The minimum Gasteiger partial charge on any atom is -0.444 e. The van der Waals surface area contributed by atoms with Gasteiger partial charge in [0.25, 0.3) is 0 Å². The molecule has 282 valence electrons. The number of Topliss-reactive ketones (excluding diaryl/α,β-unsaturated/α-hetero) is 1. The quantitative estimate of drug-likeness (QED) is 0.200. The van der Waals surface area contributed by atoms with E-state index in [2.05, 4.69) is 44.5 Å². The molecule has 2 N–H and O–H groups in total. The van der Waals surface area contributed by atoms with Crippen molar-refractivity contribution in [2.75, 3.05) is 13.1 Å². The normalized spacial score (nSPS) is 17.0. The van der Waals surface area contributed by atoms with Crippen molar-refractivity contribution in [1.82, 2.24) is 15.5 Å². The maximum absolute atomic E-state index is 14.6. The predicted molar refractivity (Wildman–Crippen MR) is 206 cm³/mol. The molecule has 1 unspecified atom stereocenters. The Kier molecular flexibility index (Phi) is 15.0. The largest absolute Gasteiger partial charge is 0.444 e. The summed E-state index contributed by atoms with van der Waals surface area (Å²) in [7, 11) is -1.65. The zero-order valence-corrected chi connectivity index (χ0v) is 34.0. The standard InChI is InChI=1S/C41H63N3O6Si/c1-27(2)34(38(47)44-23-21-32(45)22-24-44)42-37(46)31(25-29-19-17-28(3)18-20-29)26-33(40(4,5)6)35(43-39(48)49-41(7,8)9)36(50-51(10)11)30-15-13-12-14-16-30/h12-20,27,31,33-36,51H,21-26H2,1-11H3,(H,42,46)(H,43,48)/t31-,33+,34-,35-,36?/m0/s1. The third-order valence-corrected chi connectivity index (χ3v) is 10.3. The molecule has 3 rings (SSSR count). The van der Waals surface area contributed by atoms with Crippen LogP contribution in [0.15, 0.2) is 54.6 Å². The van der Waals surface area contributed by atoms with Gasteiger partial charge in [-0.15, -0.1) is 0 Å². The van der Waals surface area contributed by atoms with Crippen LogP contribution in [0.25, 0.3) is 0 Å². The van der Waals surface area contributed by atoms with Gasteiger partial charge in [0.1, 0.15) is 17.4 Å². The van der Waals surface area contributed by atoms with Crippen molar-refractivity contribution in [2.24, 2.45) is 23.2 Å². The van der Waals surface area contributed by atoms with Gasteiger partial charge in [0.05, 0.1) is 12.1 Å². The predicted octanol–water partition coefficient (Wildman–Crippen LogP) is 7.17. The van der Waals surface area contributed by atoms with Crippen LogP contribution in [0.3, 0.4) is 0 Å². The van der Waals surface area contributed by atoms with Crippen molar-refractivity contribution >= 4 is 32.7 Å². The number of ether oxygens (including phenoxy) is 1. The van der Waals surface area contributed by atoms with E-state index >= 15 is 0 Å². The van der Waals surface area contributed by atoms with E-state index in [0.29, 0.717) is 38.8 Å². The Morgan fingerprint density at radius 2 is 1.47 bits per heavy atom. The van der Waals surface area contributed by atoms with Crippen molar-refractivity contribution in [3.8, 4) is 0 Å². The number of ketones is 1. The summed E-state index contributed by atoms with van der Waals surface area (Å²) in [5.41, 5.74) is 1.97. The second kappa shape index (κ2) is 18.3. The molecule has 2 aromatic rings. The number of nitrogens with one attached hydrogen (secondary N) is 2. The highest BCUT2D eigenvalue weighted by molar-refractivity contribution is 6.48. The van der Waals surface area contributed by atoms with Gasteiger partial charge in [-0.2, -0.15) is 0 Å². The molecule has 9 nitrogen and oxygen atoms in total. The van der Waals surface area contributed by atoms with Crippen LogP contribution >= 0.6 is 0 Å². The topological polar surface area (TPSA) is 114 Å². The van der Waals surface area contributed by atoms with Crippen LogP contribution in [-0.2, 0) is 30.0 Å². The highest BCUT2D eigenvalue weighted by Gasteiger charge is 2.43. The Balaban J connectivity index is 2.10. The fraction of sp³-hybridized carbons (Fsp3) is 0.610. The van der Waals surface area contributed by atoms with Crippen LogP contribution in [0.4, 0.5) is 4.79 Å². The molecule has 5 atom stereocenters. The Morgan fingerprint density at radius 1 is 0.882 bits per heavy atom. The van der Waals surface area contributed by atoms with E-state index in [9.17, 15) is 19.2 Å². The first-order valence-corrected chi connectivity index (χ1v) is 21.4. The number of amides is 3. The first kappa shape index (κ1) is 41.9. The molecule has 0 spiro atoms. The van der Waals surface area contributed by atoms with Crippen molar-refractivity contribution < 1.29 is 28.3 Å². The Morgan fingerprint density at radius 3 is 1.98 bits per heavy atom. The zero-order chi connectivity index (χ0) is 38.1. The molecule has 0 bridgehead atoms. The maximum Gasteiger partial charge on any atom is 0.407 e. The number of aryl methyl sites for hydroxylation is 1. The van der Waals surface area contributed by atoms with Gasteiger partial charge in [-0.3, -0.25) is 14.4 Å². The first-order valence-electron chi connectivity index (χ1n) is 18.6. The average molecular weight is 722 g/mol. The molecule has 1 heterocycles. The lowest BCUT2D eigenvalue weighted by molar-refractivity contribution is -0.141. The van der Waals surface area contributed by atoms with Crippen LogP contribution < -0.4 is 10.6 Å². The molecule has 1 fully saturated rings. The monoisotopic (exact) mass is 721 g/mol. The van der Waals surface area contributed by atoms with Crippen LogP contribution in [0, 0.1) is 30.1 Å². The molecule has 1 saturated heterocycles. The number of hydrogen-bond donors (Lipinski definition) is 2. The van der Waals surface area contributed by atoms with E-state index in [1.54, 1.807) is 4.90 Å². The van der Waals surface area contributed by atoms with Crippen LogP contribution in [0.1, 0.15) is 97.4 Å². The smallest absolute Gasteiger partial charge is 0.407 e. The summed E-state index contributed by atoms with van der Waals surface area (Å²) in [4.78, 5) is 55.6. The van der Waals surface area contributed by atoms with Gasteiger partial charge < -0.3 is 24.7 Å². The summed E-state index contributed by atoms with van der Waals surface area (Å²) in [6.07, 6.45) is 0.511. The number of alkyl carbamates (subject to hydrolysis) is 1. The maximum atomic E-state index is 14.6. The van der Waals surface area contributed by atoms with Gasteiger partial charge in [0.15, 0.2) is 9.04 Å². The molecular formula is C41H63N3O6Si.